The average molecular weight is 414 g/mol. The van der Waals surface area contributed by atoms with Gasteiger partial charge in [0.2, 0.25) is 0 Å². The number of hydrogen-bond acceptors (Lipinski definition) is 5. The van der Waals surface area contributed by atoms with Crippen molar-refractivity contribution in [2.45, 2.75) is 18.2 Å². The van der Waals surface area contributed by atoms with Gasteiger partial charge < -0.3 is 55.3 Å². The van der Waals surface area contributed by atoms with Crippen molar-refractivity contribution >= 4 is 29.8 Å². The molecule has 0 aromatic heterocycles. The van der Waals surface area contributed by atoms with Crippen LogP contribution in [0.5, 0.6) is 0 Å². The molecule has 0 aliphatic heterocycles. The first-order valence-corrected chi connectivity index (χ1v) is 8.59. The molecule has 15 heteroatoms. The van der Waals surface area contributed by atoms with Crippen LogP contribution in [0.25, 0.3) is 0 Å². The van der Waals surface area contributed by atoms with Crippen molar-refractivity contribution < 1.29 is 0 Å². The maximum absolute atomic E-state index is 5.94. The second-order valence-corrected chi connectivity index (χ2v) is 5.78. The zero-order valence-corrected chi connectivity index (χ0v) is 17.6. The van der Waals surface area contributed by atoms with Crippen molar-refractivity contribution in [2.75, 3.05) is 41.8 Å². The summed E-state index contributed by atoms with van der Waals surface area (Å²) in [5.74, 6) is 0.847. The molecule has 0 atom stereocenters. The van der Waals surface area contributed by atoms with Gasteiger partial charge in [-0.15, -0.1) is 0 Å². The highest BCUT2D eigenvalue weighted by molar-refractivity contribution is 5.83. The summed E-state index contributed by atoms with van der Waals surface area (Å²) in [6.45, 7) is 0.175. The van der Waals surface area contributed by atoms with E-state index in [1.807, 2.05) is 0 Å². The largest absolute Gasteiger partial charge is 0.370 e. The van der Waals surface area contributed by atoms with Gasteiger partial charge in [0.15, 0.2) is 29.8 Å². The highest BCUT2D eigenvalue weighted by atomic mass is 15.3. The first-order valence-electron chi connectivity index (χ1n) is 8.59. The molecule has 0 unspecified atom stereocenters. The number of nitrogens with one attached hydrogen (secondary N) is 5. The quantitative estimate of drug-likeness (QED) is 0.103. The average Bonchev–Trinajstić information content (AvgIpc) is 2.71. The van der Waals surface area contributed by atoms with Crippen LogP contribution in [0.4, 0.5) is 0 Å². The Kier molecular flexibility index (Phi) is 11.1. The molecule has 0 amide bonds. The molecule has 0 fully saturated rings. The molecule has 29 heavy (non-hydrogen) atoms. The fourth-order valence-corrected chi connectivity index (χ4v) is 2.19. The first kappa shape index (κ1) is 25.3. The number of aliphatic imine (C=N–C) groups is 5. The Morgan fingerprint density at radius 1 is 0.655 bits per heavy atom. The Morgan fingerprint density at radius 2 is 1.03 bits per heavy atom. The summed E-state index contributed by atoms with van der Waals surface area (Å²) in [4.78, 5) is 19.6. The van der Waals surface area contributed by atoms with Gasteiger partial charge in [0, 0.05) is 41.7 Å². The Balaban J connectivity index is 6.09. The molecule has 166 valence electrons. The van der Waals surface area contributed by atoms with Gasteiger partial charge >= 0.3 is 0 Å². The standard InChI is InChI=1S/C14H35N15/c1-20-9(15)25-7-14(28-12(18)23-4,29-13(19)24-5)6-8(26-10(16)21-2)27-11(17)22-3/h8H,6-7H2,1-5H3,(H3,15,20,25)(H3,16,21,26)(H3,17,22,27)(H3,18,23,28)(H3,19,24,29). The van der Waals surface area contributed by atoms with E-state index in [9.17, 15) is 0 Å². The number of rotatable bonds is 8. The summed E-state index contributed by atoms with van der Waals surface area (Å²) in [5.41, 5.74) is 28.3. The van der Waals surface area contributed by atoms with Crippen LogP contribution in [-0.2, 0) is 0 Å². The maximum Gasteiger partial charge on any atom is 0.190 e. The number of nitrogens with two attached hydrogens (primary N) is 5. The van der Waals surface area contributed by atoms with Gasteiger partial charge in [-0.2, -0.15) is 0 Å². The fourth-order valence-electron chi connectivity index (χ4n) is 2.19. The third-order valence-corrected chi connectivity index (χ3v) is 3.71. The maximum atomic E-state index is 5.94. The molecule has 0 saturated carbocycles. The Morgan fingerprint density at radius 3 is 1.38 bits per heavy atom. The molecular weight excluding hydrogens is 378 g/mol. The van der Waals surface area contributed by atoms with Crippen LogP contribution in [-0.4, -0.2) is 83.4 Å². The monoisotopic (exact) mass is 413 g/mol. The lowest BCUT2D eigenvalue weighted by atomic mass is 10.0. The highest BCUT2D eigenvalue weighted by Crippen LogP contribution is 2.09. The summed E-state index contributed by atoms with van der Waals surface area (Å²) in [6, 6.07) is 0. The summed E-state index contributed by atoms with van der Waals surface area (Å²) in [6.07, 6.45) is -0.325. The molecule has 0 bridgehead atoms. The topological polar surface area (TPSA) is 252 Å². The third-order valence-electron chi connectivity index (χ3n) is 3.71. The van der Waals surface area contributed by atoms with Crippen LogP contribution in [0.3, 0.4) is 0 Å². The van der Waals surface area contributed by atoms with Gasteiger partial charge in [-0.05, 0) is 0 Å². The van der Waals surface area contributed by atoms with Gasteiger partial charge in [-0.25, -0.2) is 0 Å². The first-order chi connectivity index (χ1) is 13.6. The summed E-state index contributed by atoms with van der Waals surface area (Å²) < 4.78 is 0. The van der Waals surface area contributed by atoms with E-state index in [0.29, 0.717) is 0 Å². The van der Waals surface area contributed by atoms with Crippen LogP contribution in [0.15, 0.2) is 25.0 Å². The van der Waals surface area contributed by atoms with Crippen molar-refractivity contribution in [2.24, 2.45) is 53.6 Å². The van der Waals surface area contributed by atoms with Crippen molar-refractivity contribution in [1.29, 1.82) is 0 Å². The van der Waals surface area contributed by atoms with E-state index in [1.165, 1.54) is 14.1 Å². The van der Waals surface area contributed by atoms with Crippen LogP contribution >= 0.6 is 0 Å². The van der Waals surface area contributed by atoms with Crippen LogP contribution < -0.4 is 55.3 Å². The van der Waals surface area contributed by atoms with E-state index in [-0.39, 0.29) is 42.8 Å². The van der Waals surface area contributed by atoms with Crippen molar-refractivity contribution in [3.8, 4) is 0 Å². The second kappa shape index (κ2) is 12.7. The Labute approximate surface area is 170 Å². The number of hydrogen-bond donors (Lipinski definition) is 10. The van der Waals surface area contributed by atoms with E-state index in [1.54, 1.807) is 21.1 Å². The minimum absolute atomic E-state index is 0.142. The van der Waals surface area contributed by atoms with Gasteiger partial charge in [0.25, 0.3) is 0 Å². The van der Waals surface area contributed by atoms with Crippen LogP contribution in [0.2, 0.25) is 0 Å². The molecule has 0 radical (unpaired) electrons. The minimum atomic E-state index is -1.06. The van der Waals surface area contributed by atoms with Crippen molar-refractivity contribution in [3.05, 3.63) is 0 Å². The van der Waals surface area contributed by atoms with Gasteiger partial charge in [-0.3, -0.25) is 25.0 Å². The zero-order valence-electron chi connectivity index (χ0n) is 17.6. The molecule has 0 aromatic carbocycles. The SMILES string of the molecule is CN=C(N)NCC(CC(NC(N)=NC)NC(N)=NC)(NC(N)=NC)NC(N)=NC. The minimum Gasteiger partial charge on any atom is -0.370 e. The lowest BCUT2D eigenvalue weighted by molar-refractivity contribution is 0.277. The lowest BCUT2D eigenvalue weighted by Crippen LogP contribution is -2.71. The molecule has 0 aliphatic rings. The lowest BCUT2D eigenvalue weighted by Gasteiger charge is -2.39. The molecule has 0 heterocycles. The summed E-state index contributed by atoms with van der Waals surface area (Å²) >= 11 is 0. The van der Waals surface area contributed by atoms with Crippen LogP contribution in [0, 0.1) is 0 Å². The predicted molar refractivity (Wildman–Crippen MR) is 119 cm³/mol. The Bertz CT molecular complexity index is 607. The van der Waals surface area contributed by atoms with E-state index in [4.69, 9.17) is 28.7 Å². The molecule has 0 spiro atoms. The molecule has 0 aromatic rings. The number of guanidine groups is 5. The molecule has 15 N–H and O–H groups in total. The smallest absolute Gasteiger partial charge is 0.190 e. The Hall–Kier alpha value is -3.65. The van der Waals surface area contributed by atoms with E-state index < -0.39 is 11.8 Å². The predicted octanol–water partition coefficient (Wildman–Crippen LogP) is -4.93. The van der Waals surface area contributed by atoms with E-state index in [2.05, 4.69) is 51.5 Å². The molecule has 0 rings (SSSR count). The molecule has 0 aliphatic carbocycles. The highest BCUT2D eigenvalue weighted by Gasteiger charge is 2.35. The number of nitrogens with zero attached hydrogens (tertiary/aromatic N) is 5. The third kappa shape index (κ3) is 9.73. The van der Waals surface area contributed by atoms with Gasteiger partial charge in [-0.1, -0.05) is 0 Å². The van der Waals surface area contributed by atoms with E-state index in [0.717, 1.165) is 0 Å². The van der Waals surface area contributed by atoms with Gasteiger partial charge in [0.05, 0.1) is 6.54 Å². The second-order valence-electron chi connectivity index (χ2n) is 5.78. The van der Waals surface area contributed by atoms with Crippen molar-refractivity contribution in [1.82, 2.24) is 26.6 Å². The zero-order chi connectivity index (χ0) is 22.4. The van der Waals surface area contributed by atoms with E-state index >= 15 is 0 Å². The fraction of sp³-hybridized carbons (Fsp3) is 0.643. The van der Waals surface area contributed by atoms with Gasteiger partial charge in [0.1, 0.15) is 11.8 Å². The normalized spacial score (nSPS) is 17.2. The summed E-state index contributed by atoms with van der Waals surface area (Å²) in [5, 5.41) is 15.1. The molecular formula is C14H35N15. The van der Waals surface area contributed by atoms with Crippen LogP contribution in [0.1, 0.15) is 6.42 Å². The molecule has 15 nitrogen and oxygen atoms in total. The van der Waals surface area contributed by atoms with Crippen molar-refractivity contribution in [3.63, 3.8) is 0 Å². The summed E-state index contributed by atoms with van der Waals surface area (Å²) in [7, 11) is 7.72. The molecule has 0 saturated heterocycles.